The highest BCUT2D eigenvalue weighted by Crippen LogP contribution is 2.39. The number of rotatable bonds is 7. The predicted octanol–water partition coefficient (Wildman–Crippen LogP) is 4.33. The van der Waals surface area contributed by atoms with Gasteiger partial charge < -0.3 is 14.6 Å². The Morgan fingerprint density at radius 3 is 2.45 bits per heavy atom. The number of aromatic nitrogens is 1. The molecular weight excluding hydrogens is 392 g/mol. The maximum atomic E-state index is 12.3. The number of benzene rings is 1. The second kappa shape index (κ2) is 8.57. The van der Waals surface area contributed by atoms with Crippen LogP contribution in [-0.4, -0.2) is 46.3 Å². The van der Waals surface area contributed by atoms with Gasteiger partial charge in [-0.25, -0.2) is 0 Å². The number of likely N-dealkylation sites (N-methyl/N-ethyl adjacent to an activating group) is 1. The Balaban J connectivity index is 2.14. The summed E-state index contributed by atoms with van der Waals surface area (Å²) >= 11 is 6.34. The molecule has 0 bridgehead atoms. The molecule has 1 aliphatic carbocycles. The van der Waals surface area contributed by atoms with E-state index in [0.29, 0.717) is 39.4 Å². The number of Topliss-reactive ketones (excluding diaryl/α,β-unsaturated/α-hetero) is 1. The fourth-order valence-corrected chi connectivity index (χ4v) is 4.54. The fourth-order valence-electron chi connectivity index (χ4n) is 4.24. The van der Waals surface area contributed by atoms with Gasteiger partial charge in [0.25, 0.3) is 0 Å². The molecule has 1 amide bonds. The molecule has 1 atom stereocenters. The summed E-state index contributed by atoms with van der Waals surface area (Å²) in [4.78, 5) is 37.9. The van der Waals surface area contributed by atoms with Crippen LogP contribution in [-0.2, 0) is 16.1 Å². The Hall–Kier alpha value is -2.34. The maximum absolute atomic E-state index is 12.3. The number of halogens is 1. The zero-order valence-electron chi connectivity index (χ0n) is 17.1. The molecule has 2 aromatic rings. The Bertz CT molecular complexity index is 957. The molecule has 1 aliphatic rings. The third-order valence-corrected chi connectivity index (χ3v) is 6.21. The summed E-state index contributed by atoms with van der Waals surface area (Å²) in [6.45, 7) is 1.50. The summed E-state index contributed by atoms with van der Waals surface area (Å²) in [6, 6.07) is 3.34. The van der Waals surface area contributed by atoms with Crippen LogP contribution in [0.5, 0.6) is 0 Å². The number of hydrogen-bond donors (Lipinski definition) is 1. The largest absolute Gasteiger partial charge is 0.481 e. The van der Waals surface area contributed by atoms with Crippen LogP contribution in [0.4, 0.5) is 0 Å². The number of fused-ring (bicyclic) bond motifs is 1. The molecule has 0 spiro atoms. The van der Waals surface area contributed by atoms with E-state index in [0.717, 1.165) is 25.7 Å². The lowest BCUT2D eigenvalue weighted by Gasteiger charge is -2.16. The van der Waals surface area contributed by atoms with E-state index in [-0.39, 0.29) is 18.2 Å². The molecule has 1 saturated carbocycles. The first-order chi connectivity index (χ1) is 13.7. The van der Waals surface area contributed by atoms with Crippen LogP contribution in [0, 0.1) is 5.92 Å². The molecule has 0 aliphatic heterocycles. The Labute approximate surface area is 175 Å². The number of carboxylic acid groups (broad SMARTS) is 1. The highest BCUT2D eigenvalue weighted by Gasteiger charge is 2.30. The fraction of sp³-hybridized carbons (Fsp3) is 0.500. The van der Waals surface area contributed by atoms with Crippen molar-refractivity contribution in [1.82, 2.24) is 9.47 Å². The molecule has 156 valence electrons. The van der Waals surface area contributed by atoms with Crippen molar-refractivity contribution < 1.29 is 19.5 Å². The second-order valence-electron chi connectivity index (χ2n) is 8.18. The smallest absolute Gasteiger partial charge is 0.311 e. The molecule has 0 radical (unpaired) electrons. The lowest BCUT2D eigenvalue weighted by Crippen LogP contribution is -2.26. The third-order valence-electron chi connectivity index (χ3n) is 5.90. The van der Waals surface area contributed by atoms with Crippen molar-refractivity contribution in [2.45, 2.75) is 51.5 Å². The molecular formula is C22H27ClN2O4. The maximum Gasteiger partial charge on any atom is 0.311 e. The molecule has 1 unspecified atom stereocenters. The molecule has 1 aromatic carbocycles. The number of amides is 1. The SMILES string of the molecule is CC(=O)c1cc2c(cc1Cl)c(C(CC1CCCC1)C(=O)O)cn2CC(=O)N(C)C. The van der Waals surface area contributed by atoms with Gasteiger partial charge in [-0.15, -0.1) is 0 Å². The van der Waals surface area contributed by atoms with Crippen molar-refractivity contribution in [2.24, 2.45) is 5.92 Å². The van der Waals surface area contributed by atoms with Gasteiger partial charge in [-0.3, -0.25) is 14.4 Å². The standard InChI is InChI=1S/C22H27ClN2O4/c1-13(26)15-10-20-16(9-19(15)23)18(11-25(20)12-21(27)24(2)3)17(22(28)29)8-14-6-4-5-7-14/h9-11,14,17H,4-8,12H2,1-3H3,(H,28,29). The van der Waals surface area contributed by atoms with E-state index in [2.05, 4.69) is 0 Å². The summed E-state index contributed by atoms with van der Waals surface area (Å²) in [5, 5.41) is 11.0. The van der Waals surface area contributed by atoms with Gasteiger partial charge in [-0.05, 0) is 37.0 Å². The predicted molar refractivity (Wildman–Crippen MR) is 113 cm³/mol. The van der Waals surface area contributed by atoms with Crippen LogP contribution in [0.15, 0.2) is 18.3 Å². The highest BCUT2D eigenvalue weighted by molar-refractivity contribution is 6.34. The van der Waals surface area contributed by atoms with E-state index < -0.39 is 11.9 Å². The molecule has 1 fully saturated rings. The molecule has 0 saturated heterocycles. The zero-order valence-corrected chi connectivity index (χ0v) is 17.8. The first kappa shape index (κ1) is 21.4. The van der Waals surface area contributed by atoms with Crippen LogP contribution >= 0.6 is 11.6 Å². The minimum Gasteiger partial charge on any atom is -0.481 e. The van der Waals surface area contributed by atoms with E-state index >= 15 is 0 Å². The van der Waals surface area contributed by atoms with E-state index in [1.54, 1.807) is 37.0 Å². The van der Waals surface area contributed by atoms with Crippen molar-refractivity contribution in [3.63, 3.8) is 0 Å². The van der Waals surface area contributed by atoms with Gasteiger partial charge >= 0.3 is 5.97 Å². The average molecular weight is 419 g/mol. The van der Waals surface area contributed by atoms with Gasteiger partial charge in [0.05, 0.1) is 10.9 Å². The highest BCUT2D eigenvalue weighted by atomic mass is 35.5. The van der Waals surface area contributed by atoms with Crippen molar-refractivity contribution in [3.8, 4) is 0 Å². The van der Waals surface area contributed by atoms with Crippen molar-refractivity contribution in [1.29, 1.82) is 0 Å². The third kappa shape index (κ3) is 4.47. The van der Waals surface area contributed by atoms with Gasteiger partial charge in [0, 0.05) is 36.8 Å². The van der Waals surface area contributed by atoms with Crippen LogP contribution in [0.1, 0.15) is 60.9 Å². The Kier molecular flexibility index (Phi) is 6.32. The number of carbonyl (C=O) groups is 3. The summed E-state index contributed by atoms with van der Waals surface area (Å²) in [7, 11) is 3.35. The number of carboxylic acids is 1. The van der Waals surface area contributed by atoms with Crippen LogP contribution < -0.4 is 0 Å². The molecule has 1 N–H and O–H groups in total. The minimum atomic E-state index is -0.873. The average Bonchev–Trinajstić information content (AvgIpc) is 3.26. The van der Waals surface area contributed by atoms with Crippen LogP contribution in [0.3, 0.4) is 0 Å². The summed E-state index contributed by atoms with van der Waals surface area (Å²) in [5.41, 5.74) is 1.68. The first-order valence-electron chi connectivity index (χ1n) is 9.95. The number of carbonyl (C=O) groups excluding carboxylic acids is 2. The number of aliphatic carboxylic acids is 1. The summed E-state index contributed by atoms with van der Waals surface area (Å²) in [5.74, 6) is -1.44. The molecule has 29 heavy (non-hydrogen) atoms. The quantitative estimate of drug-likeness (QED) is 0.678. The molecule has 1 aromatic heterocycles. The Morgan fingerprint density at radius 1 is 1.24 bits per heavy atom. The lowest BCUT2D eigenvalue weighted by molar-refractivity contribution is -0.139. The Morgan fingerprint density at radius 2 is 1.90 bits per heavy atom. The van der Waals surface area contributed by atoms with Gasteiger partial charge in [0.1, 0.15) is 6.54 Å². The molecule has 1 heterocycles. The number of hydrogen-bond acceptors (Lipinski definition) is 3. The summed E-state index contributed by atoms with van der Waals surface area (Å²) < 4.78 is 1.74. The van der Waals surface area contributed by atoms with Crippen molar-refractivity contribution in [2.75, 3.05) is 14.1 Å². The molecule has 6 nitrogen and oxygen atoms in total. The van der Waals surface area contributed by atoms with Gasteiger partial charge in [0.2, 0.25) is 5.91 Å². The minimum absolute atomic E-state index is 0.0677. The lowest BCUT2D eigenvalue weighted by atomic mass is 9.87. The van der Waals surface area contributed by atoms with Gasteiger partial charge in [-0.2, -0.15) is 0 Å². The number of ketones is 1. The van der Waals surface area contributed by atoms with E-state index in [1.807, 2.05) is 0 Å². The number of nitrogens with zero attached hydrogens (tertiary/aromatic N) is 2. The van der Waals surface area contributed by atoms with E-state index in [4.69, 9.17) is 11.6 Å². The van der Waals surface area contributed by atoms with Crippen molar-refractivity contribution >= 4 is 40.2 Å². The monoisotopic (exact) mass is 418 g/mol. The van der Waals surface area contributed by atoms with E-state index in [1.165, 1.54) is 11.8 Å². The van der Waals surface area contributed by atoms with E-state index in [9.17, 15) is 19.5 Å². The van der Waals surface area contributed by atoms with Gasteiger partial charge in [0.15, 0.2) is 5.78 Å². The normalized spacial score (nSPS) is 15.6. The van der Waals surface area contributed by atoms with Crippen LogP contribution in [0.25, 0.3) is 10.9 Å². The zero-order chi connectivity index (χ0) is 21.3. The van der Waals surface area contributed by atoms with Crippen molar-refractivity contribution in [3.05, 3.63) is 34.5 Å². The topological polar surface area (TPSA) is 79.6 Å². The van der Waals surface area contributed by atoms with Gasteiger partial charge in [-0.1, -0.05) is 37.3 Å². The molecule has 3 rings (SSSR count). The first-order valence-corrected chi connectivity index (χ1v) is 10.3. The summed E-state index contributed by atoms with van der Waals surface area (Å²) in [6.07, 6.45) is 6.71. The molecule has 7 heteroatoms. The van der Waals surface area contributed by atoms with Crippen LogP contribution in [0.2, 0.25) is 5.02 Å². The second-order valence-corrected chi connectivity index (χ2v) is 8.59.